The molecule has 0 aromatic carbocycles. The summed E-state index contributed by atoms with van der Waals surface area (Å²) >= 11 is 0. The highest BCUT2D eigenvalue weighted by Gasteiger charge is 2.23. The maximum atomic E-state index is 10.5. The van der Waals surface area contributed by atoms with Gasteiger partial charge in [0.15, 0.2) is 0 Å². The van der Waals surface area contributed by atoms with Crippen LogP contribution in [0.2, 0.25) is 0 Å². The molecule has 44 valence electrons. The van der Waals surface area contributed by atoms with Crippen LogP contribution in [0.15, 0.2) is 0 Å². The first kappa shape index (κ1) is 5.49. The number of hydrogen-bond donors (Lipinski definition) is 0. The molecule has 4 heteroatoms. The number of rotatable bonds is 0. The minimum Gasteiger partial charge on any atom is -0.321 e. The second-order valence-electron chi connectivity index (χ2n) is 1.85. The van der Waals surface area contributed by atoms with Crippen LogP contribution in [-0.4, -0.2) is 26.8 Å². The third-order valence-corrected chi connectivity index (χ3v) is 2.30. The van der Waals surface area contributed by atoms with Crippen LogP contribution in [0.25, 0.3) is 0 Å². The van der Waals surface area contributed by atoms with E-state index in [9.17, 15) is 9.59 Å². The van der Waals surface area contributed by atoms with Gasteiger partial charge in [-0.1, -0.05) is 0 Å². The van der Waals surface area contributed by atoms with Gasteiger partial charge in [-0.05, 0) is 0 Å². The van der Waals surface area contributed by atoms with E-state index in [1.54, 1.807) is 0 Å². The summed E-state index contributed by atoms with van der Waals surface area (Å²) in [5.74, 6) is 0.00309. The molecule has 1 aliphatic heterocycles. The Labute approximate surface area is 50.2 Å². The van der Waals surface area contributed by atoms with Crippen molar-refractivity contribution in [3.8, 4) is 0 Å². The van der Waals surface area contributed by atoms with E-state index in [1.807, 2.05) is 0 Å². The van der Waals surface area contributed by atoms with Crippen molar-refractivity contribution < 1.29 is 9.59 Å². The maximum Gasteiger partial charge on any atom is 0.221 e. The smallest absolute Gasteiger partial charge is 0.221 e. The summed E-state index contributed by atoms with van der Waals surface area (Å²) in [6.07, 6.45) is 0.866. The Morgan fingerprint density at radius 3 is 1.75 bits per heavy atom. The third-order valence-electron chi connectivity index (χ3n) is 1.30. The fourth-order valence-electron chi connectivity index (χ4n) is 0.688. The SMILES string of the molecule is O=C1CCC(=O)N1[SiH3]. The van der Waals surface area contributed by atoms with Gasteiger partial charge in [-0.2, -0.15) is 0 Å². The molecule has 0 radical (unpaired) electrons. The van der Waals surface area contributed by atoms with Gasteiger partial charge in [0.1, 0.15) is 10.4 Å². The number of carbonyl (C=O) groups excluding carboxylic acids is 2. The highest BCUT2D eigenvalue weighted by molar-refractivity contribution is 6.27. The summed E-state index contributed by atoms with van der Waals surface area (Å²) < 4.78 is 1.31. The topological polar surface area (TPSA) is 37.4 Å². The summed E-state index contributed by atoms with van der Waals surface area (Å²) in [7, 11) is 0.555. The Hall–Kier alpha value is -0.643. The summed E-state index contributed by atoms with van der Waals surface area (Å²) in [5, 5.41) is 0. The van der Waals surface area contributed by atoms with Crippen molar-refractivity contribution in [3.05, 3.63) is 0 Å². The van der Waals surface area contributed by atoms with Gasteiger partial charge >= 0.3 is 0 Å². The largest absolute Gasteiger partial charge is 0.321 e. The molecule has 1 aliphatic rings. The van der Waals surface area contributed by atoms with Crippen molar-refractivity contribution in [2.75, 3.05) is 0 Å². The van der Waals surface area contributed by atoms with Gasteiger partial charge in [0.25, 0.3) is 0 Å². The Morgan fingerprint density at radius 1 is 1.25 bits per heavy atom. The maximum absolute atomic E-state index is 10.5. The average molecular weight is 129 g/mol. The summed E-state index contributed by atoms with van der Waals surface area (Å²) in [6.45, 7) is 0. The fourth-order valence-corrected chi connectivity index (χ4v) is 1.14. The fraction of sp³-hybridized carbons (Fsp3) is 0.500. The van der Waals surface area contributed by atoms with Gasteiger partial charge in [-0.25, -0.2) is 0 Å². The lowest BCUT2D eigenvalue weighted by molar-refractivity contribution is -0.132. The molecule has 0 unspecified atom stereocenters. The van der Waals surface area contributed by atoms with E-state index in [0.29, 0.717) is 23.2 Å². The second kappa shape index (κ2) is 1.70. The van der Waals surface area contributed by atoms with Crippen molar-refractivity contribution in [3.63, 3.8) is 0 Å². The first-order valence-electron chi connectivity index (χ1n) is 2.51. The molecule has 0 N–H and O–H groups in total. The van der Waals surface area contributed by atoms with E-state index in [1.165, 1.54) is 4.57 Å². The van der Waals surface area contributed by atoms with Crippen LogP contribution in [-0.2, 0) is 9.59 Å². The Bertz CT molecular complexity index is 129. The zero-order valence-electron chi connectivity index (χ0n) is 4.68. The van der Waals surface area contributed by atoms with Gasteiger partial charge in [-0.15, -0.1) is 0 Å². The molecule has 1 fully saturated rings. The minimum atomic E-state index is 0.00154. The molecular formula is C4H7NO2Si. The quantitative estimate of drug-likeness (QED) is 0.292. The monoisotopic (exact) mass is 129 g/mol. The Kier molecular flexibility index (Phi) is 1.17. The van der Waals surface area contributed by atoms with Gasteiger partial charge in [0, 0.05) is 12.8 Å². The highest BCUT2D eigenvalue weighted by Crippen LogP contribution is 2.06. The van der Waals surface area contributed by atoms with Crippen LogP contribution in [0.1, 0.15) is 12.8 Å². The minimum absolute atomic E-state index is 0.00154. The van der Waals surface area contributed by atoms with E-state index < -0.39 is 0 Å². The summed E-state index contributed by atoms with van der Waals surface area (Å²) in [4.78, 5) is 21.0. The molecule has 0 aromatic heterocycles. The van der Waals surface area contributed by atoms with Crippen LogP contribution in [0.4, 0.5) is 0 Å². The van der Waals surface area contributed by atoms with Crippen LogP contribution in [0.5, 0.6) is 0 Å². The number of nitrogens with zero attached hydrogens (tertiary/aromatic N) is 1. The van der Waals surface area contributed by atoms with Gasteiger partial charge < -0.3 is 4.57 Å². The van der Waals surface area contributed by atoms with Crippen molar-refractivity contribution >= 4 is 22.2 Å². The molecule has 1 saturated heterocycles. The molecule has 2 amide bonds. The van der Waals surface area contributed by atoms with Crippen LogP contribution < -0.4 is 0 Å². The lowest BCUT2D eigenvalue weighted by atomic mass is 10.4. The number of hydrogen-bond acceptors (Lipinski definition) is 2. The van der Waals surface area contributed by atoms with Gasteiger partial charge in [0.05, 0.1) is 0 Å². The Morgan fingerprint density at radius 2 is 1.62 bits per heavy atom. The standard InChI is InChI=1S/C4H7NO2Si/c6-3-1-2-4(7)5(3)8/h1-2H2,8H3. The van der Waals surface area contributed by atoms with Crippen LogP contribution in [0.3, 0.4) is 0 Å². The highest BCUT2D eigenvalue weighted by atomic mass is 28.2. The predicted octanol–water partition coefficient (Wildman–Crippen LogP) is -1.58. The first-order chi connectivity index (χ1) is 3.72. The predicted molar refractivity (Wildman–Crippen MR) is 31.0 cm³/mol. The third kappa shape index (κ3) is 0.666. The molecule has 0 spiro atoms. The van der Waals surface area contributed by atoms with E-state index in [-0.39, 0.29) is 11.8 Å². The van der Waals surface area contributed by atoms with Gasteiger partial charge in [0.2, 0.25) is 11.8 Å². The average Bonchev–Trinajstić information content (AvgIpc) is 1.98. The number of carbonyl (C=O) groups is 2. The molecule has 0 saturated carbocycles. The molecular weight excluding hydrogens is 122 g/mol. The van der Waals surface area contributed by atoms with Crippen LogP contribution >= 0.6 is 0 Å². The molecule has 0 aromatic rings. The van der Waals surface area contributed by atoms with Crippen molar-refractivity contribution in [1.82, 2.24) is 4.57 Å². The lowest BCUT2D eigenvalue weighted by Gasteiger charge is -2.02. The van der Waals surface area contributed by atoms with E-state index in [0.717, 1.165) is 0 Å². The molecule has 3 nitrogen and oxygen atoms in total. The molecule has 0 bridgehead atoms. The Balaban J connectivity index is 2.70. The van der Waals surface area contributed by atoms with Crippen LogP contribution in [0, 0.1) is 0 Å². The molecule has 0 aliphatic carbocycles. The van der Waals surface area contributed by atoms with E-state index in [2.05, 4.69) is 0 Å². The second-order valence-corrected chi connectivity index (χ2v) is 2.74. The molecule has 1 heterocycles. The normalized spacial score (nSPS) is 20.8. The summed E-state index contributed by atoms with van der Waals surface area (Å²) in [6, 6.07) is 0. The molecule has 8 heavy (non-hydrogen) atoms. The summed E-state index contributed by atoms with van der Waals surface area (Å²) in [5.41, 5.74) is 0. The lowest BCUT2D eigenvalue weighted by Crippen LogP contribution is -2.25. The zero-order chi connectivity index (χ0) is 6.15. The van der Waals surface area contributed by atoms with E-state index in [4.69, 9.17) is 0 Å². The van der Waals surface area contributed by atoms with Crippen molar-refractivity contribution in [2.24, 2.45) is 0 Å². The van der Waals surface area contributed by atoms with Gasteiger partial charge in [-0.3, -0.25) is 9.59 Å². The van der Waals surface area contributed by atoms with E-state index >= 15 is 0 Å². The number of imide groups is 1. The number of amides is 2. The zero-order valence-corrected chi connectivity index (χ0v) is 6.68. The molecule has 1 rings (SSSR count). The molecule has 0 atom stereocenters. The van der Waals surface area contributed by atoms with Crippen molar-refractivity contribution in [2.45, 2.75) is 12.8 Å². The first-order valence-corrected chi connectivity index (χ1v) is 3.40. The van der Waals surface area contributed by atoms with Crippen molar-refractivity contribution in [1.29, 1.82) is 0 Å².